The number of nitrogens with one attached hydrogen (secondary N) is 2. The van der Waals surface area contributed by atoms with E-state index in [9.17, 15) is 18.0 Å². The van der Waals surface area contributed by atoms with Gasteiger partial charge in [0.2, 0.25) is 0 Å². The number of anilines is 1. The van der Waals surface area contributed by atoms with Crippen LogP contribution in [0.25, 0.3) is 22.0 Å². The number of urea groups is 1. The highest BCUT2D eigenvalue weighted by Crippen LogP contribution is 2.27. The molecule has 0 saturated carbocycles. The van der Waals surface area contributed by atoms with Crippen molar-refractivity contribution >= 4 is 32.6 Å². The number of benzene rings is 2. The zero-order chi connectivity index (χ0) is 23.8. The van der Waals surface area contributed by atoms with Gasteiger partial charge in [-0.15, -0.1) is 0 Å². The Bertz CT molecular complexity index is 1540. The van der Waals surface area contributed by atoms with Gasteiger partial charge in [-0.1, -0.05) is 24.3 Å². The maximum atomic E-state index is 13.1. The van der Waals surface area contributed by atoms with Crippen LogP contribution >= 0.6 is 0 Å². The Kier molecular flexibility index (Phi) is 5.73. The van der Waals surface area contributed by atoms with E-state index in [1.165, 1.54) is 12.1 Å². The van der Waals surface area contributed by atoms with Crippen molar-refractivity contribution in [3.8, 4) is 11.1 Å². The SMILES string of the molecule is Cc1cc2c(cn1)cc(-c1cc(NC(=O)NS(=O)(=O)c3ccccc3)ccc1C)c(=O)n2C. The van der Waals surface area contributed by atoms with Gasteiger partial charge in [0.05, 0.1) is 10.4 Å². The van der Waals surface area contributed by atoms with E-state index in [1.54, 1.807) is 60.3 Å². The Balaban J connectivity index is 1.67. The van der Waals surface area contributed by atoms with Crippen molar-refractivity contribution in [1.82, 2.24) is 14.3 Å². The van der Waals surface area contributed by atoms with Gasteiger partial charge in [0.25, 0.3) is 15.6 Å². The Morgan fingerprint density at radius 1 is 0.970 bits per heavy atom. The van der Waals surface area contributed by atoms with E-state index < -0.39 is 16.1 Å². The first-order valence-corrected chi connectivity index (χ1v) is 11.6. The zero-order valence-corrected chi connectivity index (χ0v) is 19.1. The number of hydrogen-bond donors (Lipinski definition) is 2. The van der Waals surface area contributed by atoms with Crippen molar-refractivity contribution in [3.63, 3.8) is 0 Å². The lowest BCUT2D eigenvalue weighted by Crippen LogP contribution is -2.34. The number of carbonyl (C=O) groups excluding carboxylic acids is 1. The van der Waals surface area contributed by atoms with Crippen molar-refractivity contribution < 1.29 is 13.2 Å². The third kappa shape index (κ3) is 4.49. The molecule has 0 aliphatic carbocycles. The molecule has 33 heavy (non-hydrogen) atoms. The molecule has 0 radical (unpaired) electrons. The van der Waals surface area contributed by atoms with Crippen LogP contribution in [0.1, 0.15) is 11.3 Å². The molecule has 2 aromatic heterocycles. The molecule has 4 aromatic rings. The number of aryl methyl sites for hydroxylation is 3. The van der Waals surface area contributed by atoms with Gasteiger partial charge in [-0.3, -0.25) is 9.78 Å². The van der Waals surface area contributed by atoms with Crippen molar-refractivity contribution in [3.05, 3.63) is 88.5 Å². The number of fused-ring (bicyclic) bond motifs is 1. The Morgan fingerprint density at radius 3 is 2.42 bits per heavy atom. The number of nitrogens with zero attached hydrogens (tertiary/aromatic N) is 2. The van der Waals surface area contributed by atoms with Crippen molar-refractivity contribution in [1.29, 1.82) is 0 Å². The summed E-state index contributed by atoms with van der Waals surface area (Å²) in [6, 6.07) is 15.4. The zero-order valence-electron chi connectivity index (χ0n) is 18.3. The molecule has 2 aromatic carbocycles. The predicted molar refractivity (Wildman–Crippen MR) is 128 cm³/mol. The fraction of sp³-hybridized carbons (Fsp3) is 0.125. The van der Waals surface area contributed by atoms with Crippen LogP contribution in [0.15, 0.2) is 76.6 Å². The second-order valence-electron chi connectivity index (χ2n) is 7.71. The van der Waals surface area contributed by atoms with Crippen LogP contribution in [0.2, 0.25) is 0 Å². The lowest BCUT2D eigenvalue weighted by molar-refractivity contribution is 0.256. The van der Waals surface area contributed by atoms with Crippen molar-refractivity contribution in [2.45, 2.75) is 18.7 Å². The molecule has 0 aliphatic heterocycles. The number of carbonyl (C=O) groups is 1. The number of pyridine rings is 2. The Morgan fingerprint density at radius 2 is 1.70 bits per heavy atom. The molecule has 9 heteroatoms. The standard InChI is InChI=1S/C24H22N4O4S/c1-15-9-10-18(26-24(30)27-33(31,32)19-7-5-4-6-8-19)13-20(15)21-12-17-14-25-16(2)11-22(17)28(3)23(21)29/h4-14H,1-3H3,(H2,26,27,30). The third-order valence-electron chi connectivity index (χ3n) is 5.31. The fourth-order valence-corrected chi connectivity index (χ4v) is 4.51. The number of rotatable bonds is 4. The third-order valence-corrected chi connectivity index (χ3v) is 6.66. The fourth-order valence-electron chi connectivity index (χ4n) is 3.59. The van der Waals surface area contributed by atoms with Gasteiger partial charge < -0.3 is 9.88 Å². The monoisotopic (exact) mass is 462 g/mol. The van der Waals surface area contributed by atoms with Crippen LogP contribution in [-0.2, 0) is 17.1 Å². The predicted octanol–water partition coefficient (Wildman–Crippen LogP) is 3.73. The number of aromatic nitrogens is 2. The smallest absolute Gasteiger partial charge is 0.311 e. The van der Waals surface area contributed by atoms with E-state index in [-0.39, 0.29) is 10.5 Å². The van der Waals surface area contributed by atoms with Crippen LogP contribution in [0.3, 0.4) is 0 Å². The second kappa shape index (κ2) is 8.51. The van der Waals surface area contributed by atoms with Crippen LogP contribution < -0.4 is 15.6 Å². The van der Waals surface area contributed by atoms with E-state index in [0.717, 1.165) is 22.2 Å². The van der Waals surface area contributed by atoms with Crippen LogP contribution in [0, 0.1) is 13.8 Å². The molecule has 0 bridgehead atoms. The summed E-state index contributed by atoms with van der Waals surface area (Å²) in [7, 11) is -2.31. The van der Waals surface area contributed by atoms with E-state index >= 15 is 0 Å². The molecule has 4 rings (SSSR count). The molecule has 0 spiro atoms. The highest BCUT2D eigenvalue weighted by molar-refractivity contribution is 7.90. The lowest BCUT2D eigenvalue weighted by Gasteiger charge is -2.13. The molecule has 0 fully saturated rings. The molecule has 2 N–H and O–H groups in total. The van der Waals surface area contributed by atoms with E-state index in [2.05, 4.69) is 10.3 Å². The van der Waals surface area contributed by atoms with Gasteiger partial charge in [-0.05, 0) is 61.4 Å². The quantitative estimate of drug-likeness (QED) is 0.480. The summed E-state index contributed by atoms with van der Waals surface area (Å²) in [4.78, 5) is 29.8. The molecule has 2 heterocycles. The van der Waals surface area contributed by atoms with E-state index in [1.807, 2.05) is 24.6 Å². The van der Waals surface area contributed by atoms with E-state index in [0.29, 0.717) is 16.8 Å². The summed E-state index contributed by atoms with van der Waals surface area (Å²) in [6.45, 7) is 3.72. The van der Waals surface area contributed by atoms with Crippen LogP contribution in [-0.4, -0.2) is 24.0 Å². The Labute approximate surface area is 191 Å². The second-order valence-corrected chi connectivity index (χ2v) is 9.39. The minimum absolute atomic E-state index is 0.0201. The molecule has 0 saturated heterocycles. The summed E-state index contributed by atoms with van der Waals surface area (Å²) < 4.78 is 28.3. The largest absolute Gasteiger partial charge is 0.333 e. The lowest BCUT2D eigenvalue weighted by atomic mass is 9.99. The minimum atomic E-state index is -4.01. The highest BCUT2D eigenvalue weighted by Gasteiger charge is 2.18. The number of amides is 2. The molecule has 0 unspecified atom stereocenters. The summed E-state index contributed by atoms with van der Waals surface area (Å²) in [5.41, 5.74) is 3.65. The summed E-state index contributed by atoms with van der Waals surface area (Å²) >= 11 is 0. The molecule has 8 nitrogen and oxygen atoms in total. The maximum absolute atomic E-state index is 13.1. The van der Waals surface area contributed by atoms with Crippen molar-refractivity contribution in [2.24, 2.45) is 7.05 Å². The highest BCUT2D eigenvalue weighted by atomic mass is 32.2. The van der Waals surface area contributed by atoms with E-state index in [4.69, 9.17) is 0 Å². The normalized spacial score (nSPS) is 11.4. The molecular weight excluding hydrogens is 440 g/mol. The van der Waals surface area contributed by atoms with Gasteiger partial charge in [0.15, 0.2) is 0 Å². The Hall–Kier alpha value is -3.98. The minimum Gasteiger partial charge on any atom is -0.311 e. The molecule has 2 amide bonds. The first kappa shape index (κ1) is 22.2. The molecule has 0 atom stereocenters. The van der Waals surface area contributed by atoms with Gasteiger partial charge in [-0.25, -0.2) is 17.9 Å². The topological polar surface area (TPSA) is 110 Å². The van der Waals surface area contributed by atoms with Gasteiger partial charge in [0.1, 0.15) is 0 Å². The molecule has 0 aliphatic rings. The van der Waals surface area contributed by atoms with Crippen molar-refractivity contribution in [2.75, 3.05) is 5.32 Å². The first-order chi connectivity index (χ1) is 15.7. The summed E-state index contributed by atoms with van der Waals surface area (Å²) in [5, 5.41) is 3.34. The van der Waals surface area contributed by atoms with Gasteiger partial charge in [0, 0.05) is 35.6 Å². The summed E-state index contributed by atoms with van der Waals surface area (Å²) in [5.74, 6) is 0. The van der Waals surface area contributed by atoms with Crippen LogP contribution in [0.4, 0.5) is 10.5 Å². The van der Waals surface area contributed by atoms with Gasteiger partial charge in [-0.2, -0.15) is 0 Å². The van der Waals surface area contributed by atoms with Gasteiger partial charge >= 0.3 is 6.03 Å². The first-order valence-electron chi connectivity index (χ1n) is 10.1. The maximum Gasteiger partial charge on any atom is 0.333 e. The average Bonchev–Trinajstić information content (AvgIpc) is 2.78. The average molecular weight is 463 g/mol. The molecular formula is C24H22N4O4S. The number of hydrogen-bond acceptors (Lipinski definition) is 5. The number of sulfonamides is 1. The molecule has 168 valence electrons. The van der Waals surface area contributed by atoms with Crippen LogP contribution in [0.5, 0.6) is 0 Å². The summed E-state index contributed by atoms with van der Waals surface area (Å²) in [6.07, 6.45) is 1.72.